The number of carbonyl (C=O) groups is 1. The Morgan fingerprint density at radius 2 is 1.76 bits per heavy atom. The lowest BCUT2D eigenvalue weighted by molar-refractivity contribution is 0.102. The van der Waals surface area contributed by atoms with Crippen molar-refractivity contribution in [2.75, 3.05) is 16.7 Å². The van der Waals surface area contributed by atoms with Gasteiger partial charge in [0, 0.05) is 25.1 Å². The number of anilines is 2. The maximum Gasteiger partial charge on any atom is 0.275 e. The van der Waals surface area contributed by atoms with Crippen molar-refractivity contribution >= 4 is 33.0 Å². The molecule has 4 rings (SSSR count). The molecule has 0 aliphatic heterocycles. The third kappa shape index (κ3) is 3.70. The minimum atomic E-state index is -3.77. The fourth-order valence-corrected chi connectivity index (χ4v) is 4.15. The molecule has 1 amide bonds. The van der Waals surface area contributed by atoms with Gasteiger partial charge in [-0.3, -0.25) is 9.10 Å². The summed E-state index contributed by atoms with van der Waals surface area (Å²) in [5.74, 6) is -0.417. The quantitative estimate of drug-likeness (QED) is 0.551. The number of sulfonamides is 1. The van der Waals surface area contributed by atoms with Crippen LogP contribution in [0.25, 0.3) is 5.65 Å². The molecular formula is C21H18N4O3S. The van der Waals surface area contributed by atoms with Crippen LogP contribution < -0.4 is 9.62 Å². The highest BCUT2D eigenvalue weighted by molar-refractivity contribution is 7.92. The number of hydrogen-bond donors (Lipinski definition) is 1. The number of nitrogens with zero attached hydrogens (tertiary/aromatic N) is 3. The second kappa shape index (κ2) is 7.40. The smallest absolute Gasteiger partial charge is 0.275 e. The van der Waals surface area contributed by atoms with E-state index < -0.39 is 15.9 Å². The largest absolute Gasteiger partial charge is 0.321 e. The maximum atomic E-state index is 13.0. The maximum absolute atomic E-state index is 13.0. The second-order valence-electron chi connectivity index (χ2n) is 6.38. The van der Waals surface area contributed by atoms with E-state index in [1.807, 2.05) is 18.2 Å². The van der Waals surface area contributed by atoms with E-state index in [-0.39, 0.29) is 10.6 Å². The topological polar surface area (TPSA) is 83.8 Å². The number of fused-ring (bicyclic) bond motifs is 1. The molecule has 0 bridgehead atoms. The molecule has 0 aliphatic rings. The molecule has 2 aromatic heterocycles. The number of pyridine rings is 1. The summed E-state index contributed by atoms with van der Waals surface area (Å²) in [4.78, 5) is 16.9. The molecule has 0 saturated heterocycles. The highest BCUT2D eigenvalue weighted by atomic mass is 32.2. The molecule has 0 radical (unpaired) electrons. The lowest BCUT2D eigenvalue weighted by Crippen LogP contribution is -2.26. The van der Waals surface area contributed by atoms with Gasteiger partial charge in [0.15, 0.2) is 0 Å². The van der Waals surface area contributed by atoms with Gasteiger partial charge in [-0.15, -0.1) is 0 Å². The van der Waals surface area contributed by atoms with Crippen molar-refractivity contribution in [2.45, 2.75) is 4.90 Å². The van der Waals surface area contributed by atoms with Crippen molar-refractivity contribution in [1.29, 1.82) is 0 Å². The number of hydrogen-bond acceptors (Lipinski definition) is 4. The summed E-state index contributed by atoms with van der Waals surface area (Å²) < 4.78 is 28.9. The fourth-order valence-electron chi connectivity index (χ4n) is 2.91. The van der Waals surface area contributed by atoms with Crippen molar-refractivity contribution in [3.8, 4) is 0 Å². The van der Waals surface area contributed by atoms with Gasteiger partial charge in [0.1, 0.15) is 11.3 Å². The Bertz CT molecular complexity index is 1250. The van der Waals surface area contributed by atoms with Crippen LogP contribution in [0.2, 0.25) is 0 Å². The van der Waals surface area contributed by atoms with Crippen LogP contribution in [0, 0.1) is 0 Å². The van der Waals surface area contributed by atoms with Crippen LogP contribution >= 0.6 is 0 Å². The Labute approximate surface area is 168 Å². The number of imidazole rings is 1. The van der Waals surface area contributed by atoms with Gasteiger partial charge in [0.2, 0.25) is 0 Å². The van der Waals surface area contributed by atoms with Crippen LogP contribution in [0.15, 0.2) is 90.1 Å². The Balaban J connectivity index is 1.59. The van der Waals surface area contributed by atoms with Crippen molar-refractivity contribution < 1.29 is 13.2 Å². The lowest BCUT2D eigenvalue weighted by atomic mass is 10.3. The first kappa shape index (κ1) is 18.7. The molecule has 7 nitrogen and oxygen atoms in total. The predicted molar refractivity (Wildman–Crippen MR) is 112 cm³/mol. The highest BCUT2D eigenvalue weighted by Crippen LogP contribution is 2.24. The second-order valence-corrected chi connectivity index (χ2v) is 8.35. The minimum absolute atomic E-state index is 0.0802. The summed E-state index contributed by atoms with van der Waals surface area (Å²) in [7, 11) is -2.28. The van der Waals surface area contributed by atoms with Gasteiger partial charge in [-0.2, -0.15) is 0 Å². The summed E-state index contributed by atoms with van der Waals surface area (Å²) in [6.45, 7) is 0. The number of benzene rings is 2. The number of rotatable bonds is 5. The summed E-state index contributed by atoms with van der Waals surface area (Å²) in [6, 6.07) is 20.4. The van der Waals surface area contributed by atoms with Crippen LogP contribution in [0.5, 0.6) is 0 Å². The van der Waals surface area contributed by atoms with Gasteiger partial charge in [-0.25, -0.2) is 13.4 Å². The number of carbonyl (C=O) groups excluding carboxylic acids is 1. The highest BCUT2D eigenvalue weighted by Gasteiger charge is 2.22. The van der Waals surface area contributed by atoms with E-state index in [0.29, 0.717) is 17.0 Å². The van der Waals surface area contributed by atoms with Crippen LogP contribution in [-0.2, 0) is 10.0 Å². The molecule has 0 saturated carbocycles. The fraction of sp³-hybridized carbons (Fsp3) is 0.0476. The lowest BCUT2D eigenvalue weighted by Gasteiger charge is -2.19. The molecule has 0 fully saturated rings. The molecule has 1 N–H and O–H groups in total. The van der Waals surface area contributed by atoms with E-state index in [2.05, 4.69) is 10.3 Å². The van der Waals surface area contributed by atoms with Crippen LogP contribution in [0.4, 0.5) is 11.4 Å². The molecule has 4 aromatic rings. The van der Waals surface area contributed by atoms with E-state index in [9.17, 15) is 13.2 Å². The summed E-state index contributed by atoms with van der Waals surface area (Å²) >= 11 is 0. The number of aromatic nitrogens is 2. The molecule has 0 atom stereocenters. The molecule has 2 aromatic carbocycles. The Hall–Kier alpha value is -3.65. The Morgan fingerprint density at radius 1 is 1.00 bits per heavy atom. The summed E-state index contributed by atoms with van der Waals surface area (Å²) in [5.41, 5.74) is 1.81. The standard InChI is InChI=1S/C21H18N4O3S/c1-24(17-9-3-2-4-10-17)29(27,28)18-11-7-8-16(14-18)22-21(26)19-15-25-13-6-5-12-20(25)23-19/h2-15H,1H3,(H,22,26). The molecule has 0 unspecified atom stereocenters. The van der Waals surface area contributed by atoms with Crippen molar-refractivity contribution in [1.82, 2.24) is 9.38 Å². The van der Waals surface area contributed by atoms with Crippen LogP contribution in [-0.4, -0.2) is 30.8 Å². The SMILES string of the molecule is CN(c1ccccc1)S(=O)(=O)c1cccc(NC(=O)c2cn3ccccc3n2)c1. The monoisotopic (exact) mass is 406 g/mol. The molecule has 8 heteroatoms. The van der Waals surface area contributed by atoms with Gasteiger partial charge in [-0.1, -0.05) is 30.3 Å². The number of nitrogens with one attached hydrogen (secondary N) is 1. The first-order valence-corrected chi connectivity index (χ1v) is 10.3. The van der Waals surface area contributed by atoms with Gasteiger partial charge >= 0.3 is 0 Å². The van der Waals surface area contributed by atoms with Crippen LogP contribution in [0.1, 0.15) is 10.5 Å². The van der Waals surface area contributed by atoms with E-state index in [1.165, 1.54) is 23.5 Å². The third-order valence-corrected chi connectivity index (χ3v) is 6.25. The van der Waals surface area contributed by atoms with Crippen LogP contribution in [0.3, 0.4) is 0 Å². The van der Waals surface area contributed by atoms with Gasteiger partial charge < -0.3 is 9.72 Å². The van der Waals surface area contributed by atoms with Gasteiger partial charge in [0.25, 0.3) is 15.9 Å². The molecule has 29 heavy (non-hydrogen) atoms. The van der Waals surface area contributed by atoms with E-state index in [4.69, 9.17) is 0 Å². The van der Waals surface area contributed by atoms with Gasteiger partial charge in [0.05, 0.1) is 10.6 Å². The molecule has 146 valence electrons. The van der Waals surface area contributed by atoms with Crippen molar-refractivity contribution in [3.63, 3.8) is 0 Å². The van der Waals surface area contributed by atoms with E-state index in [1.54, 1.807) is 59.3 Å². The number of amides is 1. The first-order chi connectivity index (χ1) is 13.9. The molecule has 2 heterocycles. The Kier molecular flexibility index (Phi) is 4.77. The predicted octanol–water partition coefficient (Wildman–Crippen LogP) is 3.41. The molecular weight excluding hydrogens is 388 g/mol. The zero-order valence-corrected chi connectivity index (χ0v) is 16.4. The first-order valence-electron chi connectivity index (χ1n) is 8.84. The third-order valence-electron chi connectivity index (χ3n) is 4.47. The van der Waals surface area contributed by atoms with E-state index in [0.717, 1.165) is 0 Å². The summed E-state index contributed by atoms with van der Waals surface area (Å²) in [6.07, 6.45) is 3.42. The summed E-state index contributed by atoms with van der Waals surface area (Å²) in [5, 5.41) is 2.71. The molecule has 0 spiro atoms. The zero-order chi connectivity index (χ0) is 20.4. The van der Waals surface area contributed by atoms with Crippen molar-refractivity contribution in [3.05, 3.63) is 90.9 Å². The minimum Gasteiger partial charge on any atom is -0.321 e. The number of para-hydroxylation sites is 1. The zero-order valence-electron chi connectivity index (χ0n) is 15.6. The Morgan fingerprint density at radius 3 is 2.52 bits per heavy atom. The van der Waals surface area contributed by atoms with Crippen molar-refractivity contribution in [2.24, 2.45) is 0 Å². The molecule has 0 aliphatic carbocycles. The average Bonchev–Trinajstić information content (AvgIpc) is 3.18. The normalized spacial score (nSPS) is 11.3. The van der Waals surface area contributed by atoms with Gasteiger partial charge in [-0.05, 0) is 42.5 Å². The average molecular weight is 406 g/mol. The van der Waals surface area contributed by atoms with E-state index >= 15 is 0 Å².